The minimum Gasteiger partial charge on any atom is -0.417 e. The smallest absolute Gasteiger partial charge is 0.258 e. The van der Waals surface area contributed by atoms with E-state index in [2.05, 4.69) is 30.2 Å². The van der Waals surface area contributed by atoms with Gasteiger partial charge < -0.3 is 19.9 Å². The molecule has 0 saturated heterocycles. The van der Waals surface area contributed by atoms with Crippen molar-refractivity contribution >= 4 is 5.91 Å². The van der Waals surface area contributed by atoms with Crippen LogP contribution in [0.2, 0.25) is 0 Å². The number of hydrogen-bond donors (Lipinski definition) is 2. The number of hydrogen-bond acceptors (Lipinski definition) is 6. The number of carbonyl (C=O) groups is 1. The summed E-state index contributed by atoms with van der Waals surface area (Å²) in [6, 6.07) is 0. The van der Waals surface area contributed by atoms with E-state index in [4.69, 9.17) is 4.74 Å². The molecule has 3 aromatic heterocycles. The molecule has 6 rings (SSSR count). The SMILES string of the molecule is CN1CCc2ncnc(Oc3ncc4c(c3F)-c3[nH]c5c(c3CC4)C(=O)NCC5)c2C1. The van der Waals surface area contributed by atoms with E-state index in [9.17, 15) is 4.79 Å². The minimum atomic E-state index is -0.533. The summed E-state index contributed by atoms with van der Waals surface area (Å²) in [4.78, 5) is 30.7. The number of amides is 1. The van der Waals surface area contributed by atoms with E-state index in [1.807, 2.05) is 7.05 Å². The largest absolute Gasteiger partial charge is 0.417 e. The average Bonchev–Trinajstić information content (AvgIpc) is 3.16. The first-order valence-electron chi connectivity index (χ1n) is 10.5. The molecule has 0 aromatic carbocycles. The van der Waals surface area contributed by atoms with Crippen LogP contribution in [0.15, 0.2) is 12.5 Å². The van der Waals surface area contributed by atoms with Crippen LogP contribution in [-0.2, 0) is 32.2 Å². The van der Waals surface area contributed by atoms with Crippen molar-refractivity contribution in [2.24, 2.45) is 0 Å². The summed E-state index contributed by atoms with van der Waals surface area (Å²) in [6.45, 7) is 2.13. The number of aromatic amines is 1. The van der Waals surface area contributed by atoms with Gasteiger partial charge >= 0.3 is 0 Å². The van der Waals surface area contributed by atoms with Crippen LogP contribution in [-0.4, -0.2) is 50.9 Å². The Hall–Kier alpha value is -3.33. The van der Waals surface area contributed by atoms with E-state index < -0.39 is 5.82 Å². The third-order valence-electron chi connectivity index (χ3n) is 6.38. The number of H-pyrrole nitrogens is 1. The van der Waals surface area contributed by atoms with Crippen molar-refractivity contribution in [1.29, 1.82) is 0 Å². The highest BCUT2D eigenvalue weighted by atomic mass is 19.1. The Labute approximate surface area is 177 Å². The van der Waals surface area contributed by atoms with E-state index in [0.717, 1.165) is 41.0 Å². The highest BCUT2D eigenvalue weighted by Crippen LogP contribution is 2.41. The zero-order valence-corrected chi connectivity index (χ0v) is 17.1. The molecular weight excluding hydrogens is 399 g/mol. The van der Waals surface area contributed by atoms with E-state index in [-0.39, 0.29) is 11.8 Å². The second-order valence-corrected chi connectivity index (χ2v) is 8.31. The number of ether oxygens (including phenoxy) is 1. The van der Waals surface area contributed by atoms with Gasteiger partial charge in [0.25, 0.3) is 11.8 Å². The molecule has 3 aromatic rings. The molecule has 8 nitrogen and oxygen atoms in total. The maximum absolute atomic E-state index is 15.7. The third kappa shape index (κ3) is 2.83. The summed E-state index contributed by atoms with van der Waals surface area (Å²) >= 11 is 0. The quantitative estimate of drug-likeness (QED) is 0.660. The van der Waals surface area contributed by atoms with E-state index in [1.54, 1.807) is 6.20 Å². The molecule has 31 heavy (non-hydrogen) atoms. The summed E-state index contributed by atoms with van der Waals surface area (Å²) in [5, 5.41) is 2.88. The standard InChI is InChI=1S/C22H21FN6O2/c1-29-7-5-14-13(9-29)21(27-10-26-14)31-22-18(23)16-11(8-25-22)2-3-12-17-15(28-19(12)16)4-6-24-20(17)30/h8,10,28H,2-7,9H2,1H3,(H,24,30). The van der Waals surface area contributed by atoms with Gasteiger partial charge in [-0.25, -0.2) is 19.3 Å². The van der Waals surface area contributed by atoms with Gasteiger partial charge in [-0.3, -0.25) is 4.79 Å². The van der Waals surface area contributed by atoms with Crippen molar-refractivity contribution in [2.45, 2.75) is 32.2 Å². The molecule has 0 unspecified atom stereocenters. The Balaban J connectivity index is 1.44. The molecule has 1 aliphatic carbocycles. The topological polar surface area (TPSA) is 96.0 Å². The Morgan fingerprint density at radius 2 is 1.97 bits per heavy atom. The lowest BCUT2D eigenvalue weighted by Crippen LogP contribution is -2.32. The lowest BCUT2D eigenvalue weighted by Gasteiger charge is -2.25. The number of carbonyl (C=O) groups excluding carboxylic acids is 1. The van der Waals surface area contributed by atoms with E-state index in [1.165, 1.54) is 6.33 Å². The van der Waals surface area contributed by atoms with Crippen molar-refractivity contribution in [2.75, 3.05) is 20.1 Å². The maximum atomic E-state index is 15.7. The summed E-state index contributed by atoms with van der Waals surface area (Å²) < 4.78 is 21.6. The molecule has 1 amide bonds. The predicted molar refractivity (Wildman–Crippen MR) is 110 cm³/mol. The second kappa shape index (κ2) is 6.84. The first kappa shape index (κ1) is 18.4. The first-order valence-corrected chi connectivity index (χ1v) is 10.5. The van der Waals surface area contributed by atoms with Crippen LogP contribution in [0.25, 0.3) is 11.3 Å². The van der Waals surface area contributed by atoms with Gasteiger partial charge in [-0.05, 0) is 31.0 Å². The number of nitrogens with one attached hydrogen (secondary N) is 2. The number of aryl methyl sites for hydroxylation is 1. The Kier molecular flexibility index (Phi) is 4.07. The van der Waals surface area contributed by atoms with Crippen LogP contribution in [0.5, 0.6) is 11.8 Å². The van der Waals surface area contributed by atoms with Gasteiger partial charge in [0.2, 0.25) is 5.88 Å². The molecular formula is C22H21FN6O2. The molecule has 0 fully saturated rings. The van der Waals surface area contributed by atoms with Crippen molar-refractivity contribution in [3.63, 3.8) is 0 Å². The van der Waals surface area contributed by atoms with Crippen LogP contribution in [0, 0.1) is 5.82 Å². The van der Waals surface area contributed by atoms with Crippen LogP contribution in [0.3, 0.4) is 0 Å². The van der Waals surface area contributed by atoms with Gasteiger partial charge in [0.15, 0.2) is 5.82 Å². The second-order valence-electron chi connectivity index (χ2n) is 8.31. The fraction of sp³-hybridized carbons (Fsp3) is 0.364. The lowest BCUT2D eigenvalue weighted by atomic mass is 9.88. The number of pyridine rings is 1. The highest BCUT2D eigenvalue weighted by molar-refractivity contribution is 6.00. The average molecular weight is 420 g/mol. The van der Waals surface area contributed by atoms with Gasteiger partial charge in [0.1, 0.15) is 6.33 Å². The highest BCUT2D eigenvalue weighted by Gasteiger charge is 2.32. The first-order chi connectivity index (χ1) is 15.1. The fourth-order valence-electron chi connectivity index (χ4n) is 4.84. The van der Waals surface area contributed by atoms with Gasteiger partial charge in [-0.1, -0.05) is 0 Å². The lowest BCUT2D eigenvalue weighted by molar-refractivity contribution is 0.0945. The summed E-state index contributed by atoms with van der Waals surface area (Å²) in [7, 11) is 2.02. The summed E-state index contributed by atoms with van der Waals surface area (Å²) in [5.41, 5.74) is 6.10. The molecule has 5 heterocycles. The molecule has 3 aliphatic rings. The number of likely N-dealkylation sites (N-methyl/N-ethyl adjacent to an activating group) is 1. The molecule has 158 valence electrons. The number of rotatable bonds is 2. The van der Waals surface area contributed by atoms with Crippen LogP contribution in [0.1, 0.15) is 38.4 Å². The summed E-state index contributed by atoms with van der Waals surface area (Å²) in [6.07, 6.45) is 5.92. The number of aromatic nitrogens is 4. The van der Waals surface area contributed by atoms with Crippen molar-refractivity contribution < 1.29 is 13.9 Å². The maximum Gasteiger partial charge on any atom is 0.258 e. The minimum absolute atomic E-state index is 0.0927. The Morgan fingerprint density at radius 1 is 1.06 bits per heavy atom. The van der Waals surface area contributed by atoms with Crippen LogP contribution in [0.4, 0.5) is 4.39 Å². The molecule has 0 saturated carbocycles. The zero-order valence-electron chi connectivity index (χ0n) is 17.1. The number of halogens is 1. The Morgan fingerprint density at radius 3 is 2.87 bits per heavy atom. The molecule has 2 aliphatic heterocycles. The zero-order chi connectivity index (χ0) is 21.1. The normalized spacial score (nSPS) is 17.3. The molecule has 0 atom stereocenters. The Bertz CT molecular complexity index is 1240. The van der Waals surface area contributed by atoms with Crippen molar-refractivity contribution in [1.82, 2.24) is 30.2 Å². The van der Waals surface area contributed by atoms with E-state index in [0.29, 0.717) is 55.1 Å². The monoisotopic (exact) mass is 420 g/mol. The number of fused-ring (bicyclic) bond motifs is 6. The molecule has 0 spiro atoms. The van der Waals surface area contributed by atoms with Crippen LogP contribution < -0.4 is 10.1 Å². The van der Waals surface area contributed by atoms with Gasteiger partial charge in [0.05, 0.1) is 22.5 Å². The van der Waals surface area contributed by atoms with Gasteiger partial charge in [-0.2, -0.15) is 0 Å². The third-order valence-corrected chi connectivity index (χ3v) is 6.38. The fourth-order valence-corrected chi connectivity index (χ4v) is 4.84. The van der Waals surface area contributed by atoms with Crippen LogP contribution >= 0.6 is 0 Å². The molecule has 9 heteroatoms. The molecule has 0 radical (unpaired) electrons. The number of nitrogens with zero attached hydrogens (tertiary/aromatic N) is 4. The van der Waals surface area contributed by atoms with E-state index >= 15 is 4.39 Å². The predicted octanol–water partition coefficient (Wildman–Crippen LogP) is 2.17. The van der Waals surface area contributed by atoms with Gasteiger partial charge in [0, 0.05) is 49.9 Å². The van der Waals surface area contributed by atoms with Crippen molar-refractivity contribution in [3.8, 4) is 23.0 Å². The van der Waals surface area contributed by atoms with Crippen molar-refractivity contribution in [3.05, 3.63) is 52.0 Å². The summed E-state index contributed by atoms with van der Waals surface area (Å²) in [5.74, 6) is -0.402. The molecule has 2 N–H and O–H groups in total. The van der Waals surface area contributed by atoms with Gasteiger partial charge in [-0.15, -0.1) is 0 Å². The molecule has 0 bridgehead atoms.